The minimum absolute atomic E-state index is 0.00461. The number of fused-ring (bicyclic) bond motifs is 5. The predicted octanol–water partition coefficient (Wildman–Crippen LogP) is 10.1. The van der Waals surface area contributed by atoms with Gasteiger partial charge in [0.05, 0.1) is 0 Å². The number of benzene rings is 4. The summed E-state index contributed by atoms with van der Waals surface area (Å²) in [4.78, 5) is 0. The summed E-state index contributed by atoms with van der Waals surface area (Å²) < 4.78 is 6.45. The fourth-order valence-corrected chi connectivity index (χ4v) is 6.71. The van der Waals surface area contributed by atoms with Crippen molar-refractivity contribution < 1.29 is 4.74 Å². The molecule has 0 bridgehead atoms. The molecule has 2 unspecified atom stereocenters. The van der Waals surface area contributed by atoms with Crippen LogP contribution in [0.25, 0.3) is 22.3 Å². The van der Waals surface area contributed by atoms with Crippen molar-refractivity contribution in [2.24, 2.45) is 10.8 Å². The molecule has 1 aliphatic carbocycles. The Balaban J connectivity index is 1.54. The standard InChI is InChI=1S/C36H38O/c1-33(2,3)35(7)27-14-10-9-13-25(27)26-19-17-23(21-29(26)35)24-18-20-32-30(22-24)36(8,34(4,5)6)28-15-11-12-16-31(28)37-32/h9-22H,1-8H3. The minimum Gasteiger partial charge on any atom is -0.457 e. The summed E-state index contributed by atoms with van der Waals surface area (Å²) >= 11 is 0. The van der Waals surface area contributed by atoms with Gasteiger partial charge in [0.1, 0.15) is 11.5 Å². The van der Waals surface area contributed by atoms with E-state index in [0.29, 0.717) is 0 Å². The van der Waals surface area contributed by atoms with Crippen LogP contribution in [-0.2, 0) is 10.8 Å². The molecule has 1 nitrogen and oxygen atoms in total. The van der Waals surface area contributed by atoms with Crippen LogP contribution in [0, 0.1) is 10.8 Å². The molecule has 1 heteroatoms. The van der Waals surface area contributed by atoms with Crippen LogP contribution < -0.4 is 4.74 Å². The molecule has 0 saturated heterocycles. The van der Waals surface area contributed by atoms with Gasteiger partial charge in [0.25, 0.3) is 0 Å². The number of para-hydroxylation sites is 1. The van der Waals surface area contributed by atoms with Crippen molar-refractivity contribution in [1.29, 1.82) is 0 Å². The third kappa shape index (κ3) is 3.16. The Kier molecular flexibility index (Phi) is 4.94. The van der Waals surface area contributed by atoms with Crippen LogP contribution in [0.1, 0.15) is 77.6 Å². The highest BCUT2D eigenvalue weighted by molar-refractivity contribution is 5.84. The number of hydrogen-bond donors (Lipinski definition) is 0. The minimum atomic E-state index is -0.180. The Morgan fingerprint density at radius 3 is 1.65 bits per heavy atom. The van der Waals surface area contributed by atoms with E-state index < -0.39 is 0 Å². The summed E-state index contributed by atoms with van der Waals surface area (Å²) in [6, 6.07) is 31.4. The molecule has 0 radical (unpaired) electrons. The first-order chi connectivity index (χ1) is 17.4. The molecule has 1 aliphatic heterocycles. The molecule has 0 fully saturated rings. The first kappa shape index (κ1) is 24.0. The van der Waals surface area contributed by atoms with E-state index in [0.717, 1.165) is 11.5 Å². The van der Waals surface area contributed by atoms with Crippen LogP contribution >= 0.6 is 0 Å². The second-order valence-electron chi connectivity index (χ2n) is 13.4. The first-order valence-corrected chi connectivity index (χ1v) is 13.5. The topological polar surface area (TPSA) is 9.23 Å². The maximum Gasteiger partial charge on any atom is 0.131 e. The lowest BCUT2D eigenvalue weighted by Crippen LogP contribution is -2.40. The van der Waals surface area contributed by atoms with Gasteiger partial charge in [-0.15, -0.1) is 0 Å². The summed E-state index contributed by atoms with van der Waals surface area (Å²) in [6.07, 6.45) is 0. The predicted molar refractivity (Wildman–Crippen MR) is 156 cm³/mol. The van der Waals surface area contributed by atoms with Crippen molar-refractivity contribution in [3.05, 3.63) is 107 Å². The van der Waals surface area contributed by atoms with Gasteiger partial charge < -0.3 is 4.74 Å². The fourth-order valence-electron chi connectivity index (χ4n) is 6.71. The van der Waals surface area contributed by atoms with Crippen LogP contribution in [0.4, 0.5) is 0 Å². The Hall–Kier alpha value is -3.32. The van der Waals surface area contributed by atoms with Crippen LogP contribution in [0.5, 0.6) is 11.5 Å². The summed E-state index contributed by atoms with van der Waals surface area (Å²) in [5, 5.41) is 0. The smallest absolute Gasteiger partial charge is 0.131 e. The molecule has 6 rings (SSSR count). The molecule has 4 aromatic carbocycles. The molecule has 4 aromatic rings. The van der Waals surface area contributed by atoms with E-state index in [1.165, 1.54) is 44.5 Å². The van der Waals surface area contributed by atoms with Gasteiger partial charge in [-0.05, 0) is 68.5 Å². The van der Waals surface area contributed by atoms with Crippen molar-refractivity contribution >= 4 is 0 Å². The van der Waals surface area contributed by atoms with E-state index in [9.17, 15) is 0 Å². The third-order valence-corrected chi connectivity index (χ3v) is 9.81. The maximum atomic E-state index is 6.45. The van der Waals surface area contributed by atoms with Gasteiger partial charge in [0, 0.05) is 22.0 Å². The molecule has 0 saturated carbocycles. The first-order valence-electron chi connectivity index (χ1n) is 13.5. The average molecular weight is 487 g/mol. The van der Waals surface area contributed by atoms with E-state index in [2.05, 4.69) is 140 Å². The van der Waals surface area contributed by atoms with Gasteiger partial charge in [-0.25, -0.2) is 0 Å². The molecule has 188 valence electrons. The lowest BCUT2D eigenvalue weighted by atomic mass is 9.59. The molecule has 1 heterocycles. The molecule has 2 aliphatic rings. The van der Waals surface area contributed by atoms with Gasteiger partial charge in [-0.3, -0.25) is 0 Å². The van der Waals surface area contributed by atoms with Crippen LogP contribution in [-0.4, -0.2) is 0 Å². The van der Waals surface area contributed by atoms with E-state index >= 15 is 0 Å². The van der Waals surface area contributed by atoms with Crippen molar-refractivity contribution in [2.45, 2.75) is 66.2 Å². The highest BCUT2D eigenvalue weighted by atomic mass is 16.5. The third-order valence-electron chi connectivity index (χ3n) is 9.81. The monoisotopic (exact) mass is 486 g/mol. The van der Waals surface area contributed by atoms with Crippen molar-refractivity contribution in [3.8, 4) is 33.8 Å². The van der Waals surface area contributed by atoms with E-state index in [1.54, 1.807) is 0 Å². The van der Waals surface area contributed by atoms with E-state index in [1.807, 2.05) is 0 Å². The molecule has 0 aromatic heterocycles. The molecule has 2 atom stereocenters. The van der Waals surface area contributed by atoms with Crippen molar-refractivity contribution in [3.63, 3.8) is 0 Å². The van der Waals surface area contributed by atoms with Gasteiger partial charge in [-0.1, -0.05) is 116 Å². The molecular formula is C36H38O. The van der Waals surface area contributed by atoms with E-state index in [-0.39, 0.29) is 21.7 Å². The Morgan fingerprint density at radius 1 is 0.486 bits per heavy atom. The number of hydrogen-bond acceptors (Lipinski definition) is 1. The van der Waals surface area contributed by atoms with Gasteiger partial charge >= 0.3 is 0 Å². The molecule has 37 heavy (non-hydrogen) atoms. The number of ether oxygens (including phenoxy) is 1. The maximum absolute atomic E-state index is 6.45. The SMILES string of the molecule is CC(C)(C)C1(C)c2ccccc2Oc2ccc(-c3ccc4c(c3)C(C)(C(C)(C)C)c3ccccc3-4)cc21. The Labute approximate surface area is 222 Å². The van der Waals surface area contributed by atoms with Gasteiger partial charge in [0.15, 0.2) is 0 Å². The fraction of sp³-hybridized carbons (Fsp3) is 0.333. The number of rotatable bonds is 1. The quantitative estimate of drug-likeness (QED) is 0.260. The van der Waals surface area contributed by atoms with Crippen LogP contribution in [0.15, 0.2) is 84.9 Å². The summed E-state index contributed by atoms with van der Waals surface area (Å²) in [7, 11) is 0. The second-order valence-corrected chi connectivity index (χ2v) is 13.4. The van der Waals surface area contributed by atoms with Crippen molar-refractivity contribution in [1.82, 2.24) is 0 Å². The highest BCUT2D eigenvalue weighted by Crippen LogP contribution is 2.59. The molecule has 0 amide bonds. The van der Waals surface area contributed by atoms with Crippen molar-refractivity contribution in [2.75, 3.05) is 0 Å². The normalized spacial score (nSPS) is 21.9. The average Bonchev–Trinajstić information content (AvgIpc) is 3.12. The summed E-state index contributed by atoms with van der Waals surface area (Å²) in [5.41, 5.74) is 10.5. The summed E-state index contributed by atoms with van der Waals surface area (Å²) in [6.45, 7) is 18.9. The van der Waals surface area contributed by atoms with Gasteiger partial charge in [-0.2, -0.15) is 0 Å². The second kappa shape index (κ2) is 7.60. The Bertz CT molecular complexity index is 1540. The van der Waals surface area contributed by atoms with Crippen LogP contribution in [0.2, 0.25) is 0 Å². The molecule has 0 N–H and O–H groups in total. The lowest BCUT2D eigenvalue weighted by molar-refractivity contribution is 0.227. The zero-order chi connectivity index (χ0) is 26.4. The van der Waals surface area contributed by atoms with Crippen LogP contribution in [0.3, 0.4) is 0 Å². The summed E-state index contributed by atoms with van der Waals surface area (Å²) in [5.74, 6) is 1.93. The molecular weight excluding hydrogens is 448 g/mol. The highest BCUT2D eigenvalue weighted by Gasteiger charge is 2.48. The Morgan fingerprint density at radius 2 is 0.973 bits per heavy atom. The lowest BCUT2D eigenvalue weighted by Gasteiger charge is -2.47. The van der Waals surface area contributed by atoms with Gasteiger partial charge in [0.2, 0.25) is 0 Å². The molecule has 0 spiro atoms. The zero-order valence-corrected chi connectivity index (χ0v) is 23.5. The largest absolute Gasteiger partial charge is 0.457 e. The zero-order valence-electron chi connectivity index (χ0n) is 23.5. The van der Waals surface area contributed by atoms with E-state index in [4.69, 9.17) is 4.74 Å².